The van der Waals surface area contributed by atoms with Crippen molar-refractivity contribution in [2.45, 2.75) is 18.9 Å². The Morgan fingerprint density at radius 3 is 2.71 bits per heavy atom. The third-order valence-corrected chi connectivity index (χ3v) is 4.04. The van der Waals surface area contributed by atoms with Crippen molar-refractivity contribution in [1.29, 1.82) is 0 Å². The summed E-state index contributed by atoms with van der Waals surface area (Å²) < 4.78 is 5.65. The summed E-state index contributed by atoms with van der Waals surface area (Å²) in [6, 6.07) is 7.19. The predicted molar refractivity (Wildman–Crippen MR) is 82.0 cm³/mol. The molecule has 1 aliphatic rings. The van der Waals surface area contributed by atoms with Crippen molar-refractivity contribution in [3.05, 3.63) is 29.8 Å². The lowest BCUT2D eigenvalue weighted by molar-refractivity contribution is 0.0697. The molecule has 2 rings (SSSR count). The molecule has 1 atom stereocenters. The maximum absolute atomic E-state index is 10.8. The fourth-order valence-corrected chi connectivity index (χ4v) is 2.67. The van der Waals surface area contributed by atoms with E-state index in [0.29, 0.717) is 18.4 Å². The molecule has 1 N–H and O–H groups in total. The van der Waals surface area contributed by atoms with Crippen LogP contribution in [-0.4, -0.2) is 67.3 Å². The second-order valence-electron chi connectivity index (χ2n) is 5.72. The molecule has 116 valence electrons. The molecule has 0 saturated carbocycles. The maximum atomic E-state index is 10.8. The minimum Gasteiger partial charge on any atom is -0.492 e. The highest BCUT2D eigenvalue weighted by Gasteiger charge is 2.21. The number of carboxylic acid groups (broad SMARTS) is 1. The summed E-state index contributed by atoms with van der Waals surface area (Å²) in [5.41, 5.74) is 0.281. The highest BCUT2D eigenvalue weighted by atomic mass is 16.5. The molecule has 5 nitrogen and oxygen atoms in total. The normalized spacial score (nSPS) is 19.1. The van der Waals surface area contributed by atoms with E-state index in [1.807, 2.05) is 0 Å². The van der Waals surface area contributed by atoms with Gasteiger partial charge >= 0.3 is 5.97 Å². The zero-order chi connectivity index (χ0) is 15.2. The molecule has 0 aliphatic carbocycles. The van der Waals surface area contributed by atoms with Crippen LogP contribution in [0.3, 0.4) is 0 Å². The van der Waals surface area contributed by atoms with Gasteiger partial charge in [0.15, 0.2) is 0 Å². The average Bonchev–Trinajstić information content (AvgIpc) is 2.85. The zero-order valence-corrected chi connectivity index (χ0v) is 12.8. The van der Waals surface area contributed by atoms with Crippen LogP contribution < -0.4 is 4.74 Å². The van der Waals surface area contributed by atoms with Crippen molar-refractivity contribution < 1.29 is 14.6 Å². The molecule has 1 heterocycles. The van der Waals surface area contributed by atoms with E-state index in [-0.39, 0.29) is 5.56 Å². The quantitative estimate of drug-likeness (QED) is 0.830. The van der Waals surface area contributed by atoms with Gasteiger partial charge in [0.2, 0.25) is 0 Å². The third kappa shape index (κ3) is 4.72. The van der Waals surface area contributed by atoms with Crippen molar-refractivity contribution in [2.24, 2.45) is 0 Å². The monoisotopic (exact) mass is 292 g/mol. The number of ether oxygens (including phenoxy) is 1. The van der Waals surface area contributed by atoms with Crippen LogP contribution in [0.2, 0.25) is 0 Å². The van der Waals surface area contributed by atoms with Crippen molar-refractivity contribution in [3.8, 4) is 5.75 Å². The van der Waals surface area contributed by atoms with Crippen LogP contribution >= 0.6 is 0 Å². The first kappa shape index (κ1) is 15.8. The predicted octanol–water partition coefficient (Wildman–Crippen LogP) is 1.79. The third-order valence-electron chi connectivity index (χ3n) is 4.04. The standard InChI is InChI=1S/C16H24N2O3/c1-17(12-14-4-3-9-18(14)2)10-11-21-15-7-5-13(6-8-15)16(19)20/h5-8,14H,3-4,9-12H2,1-2H3,(H,19,20). The molecule has 1 unspecified atom stereocenters. The smallest absolute Gasteiger partial charge is 0.335 e. The lowest BCUT2D eigenvalue weighted by Crippen LogP contribution is -2.38. The molecule has 0 radical (unpaired) electrons. The minimum absolute atomic E-state index is 0.281. The number of hydrogen-bond acceptors (Lipinski definition) is 4. The van der Waals surface area contributed by atoms with Gasteiger partial charge in [0.25, 0.3) is 0 Å². The van der Waals surface area contributed by atoms with E-state index >= 15 is 0 Å². The molecule has 1 fully saturated rings. The molecular weight excluding hydrogens is 268 g/mol. The lowest BCUT2D eigenvalue weighted by atomic mass is 10.2. The largest absolute Gasteiger partial charge is 0.492 e. The van der Waals surface area contributed by atoms with Crippen molar-refractivity contribution in [3.63, 3.8) is 0 Å². The Kier molecular flexibility index (Phi) is 5.59. The topological polar surface area (TPSA) is 53.0 Å². The van der Waals surface area contributed by atoms with Gasteiger partial charge in [-0.25, -0.2) is 4.79 Å². The molecule has 1 aliphatic heterocycles. The number of carboxylic acids is 1. The molecular formula is C16H24N2O3. The maximum Gasteiger partial charge on any atom is 0.335 e. The number of carbonyl (C=O) groups is 1. The van der Waals surface area contributed by atoms with Crippen LogP contribution in [0.5, 0.6) is 5.75 Å². The molecule has 0 bridgehead atoms. The van der Waals surface area contributed by atoms with Gasteiger partial charge in [-0.05, 0) is 57.7 Å². The highest BCUT2D eigenvalue weighted by molar-refractivity contribution is 5.87. The second-order valence-corrected chi connectivity index (χ2v) is 5.72. The lowest BCUT2D eigenvalue weighted by Gasteiger charge is -2.25. The van der Waals surface area contributed by atoms with E-state index in [0.717, 1.165) is 13.1 Å². The van der Waals surface area contributed by atoms with E-state index in [4.69, 9.17) is 9.84 Å². The number of rotatable bonds is 7. The number of likely N-dealkylation sites (N-methyl/N-ethyl adjacent to an activating group) is 2. The molecule has 1 aromatic rings. The first-order valence-electron chi connectivity index (χ1n) is 7.41. The van der Waals surface area contributed by atoms with Gasteiger partial charge in [0, 0.05) is 19.1 Å². The van der Waals surface area contributed by atoms with E-state index < -0.39 is 5.97 Å². The van der Waals surface area contributed by atoms with Crippen molar-refractivity contribution in [2.75, 3.05) is 40.3 Å². The number of nitrogens with zero attached hydrogens (tertiary/aromatic N) is 2. The zero-order valence-electron chi connectivity index (χ0n) is 12.8. The first-order chi connectivity index (χ1) is 10.1. The Bertz CT molecular complexity index is 461. The Morgan fingerprint density at radius 1 is 1.43 bits per heavy atom. The summed E-state index contributed by atoms with van der Waals surface area (Å²) in [6.07, 6.45) is 2.57. The van der Waals surface area contributed by atoms with Gasteiger partial charge in [-0.2, -0.15) is 0 Å². The SMILES string of the molecule is CN(CCOc1ccc(C(=O)O)cc1)CC1CCCN1C. The molecule has 5 heteroatoms. The van der Waals surface area contributed by atoms with E-state index in [2.05, 4.69) is 23.9 Å². The average molecular weight is 292 g/mol. The first-order valence-corrected chi connectivity index (χ1v) is 7.41. The fourth-order valence-electron chi connectivity index (χ4n) is 2.67. The number of aromatic carboxylic acids is 1. The van der Waals surface area contributed by atoms with Crippen molar-refractivity contribution >= 4 is 5.97 Å². The molecule has 1 saturated heterocycles. The van der Waals surface area contributed by atoms with Crippen LogP contribution in [0.1, 0.15) is 23.2 Å². The summed E-state index contributed by atoms with van der Waals surface area (Å²) in [6.45, 7) is 3.74. The van der Waals surface area contributed by atoms with E-state index in [1.165, 1.54) is 19.4 Å². The van der Waals surface area contributed by atoms with Crippen LogP contribution in [0.25, 0.3) is 0 Å². The van der Waals surface area contributed by atoms with Gasteiger partial charge in [-0.3, -0.25) is 0 Å². The minimum atomic E-state index is -0.915. The number of likely N-dealkylation sites (tertiary alicyclic amines) is 1. The molecule has 0 spiro atoms. The van der Waals surface area contributed by atoms with Gasteiger partial charge in [-0.1, -0.05) is 0 Å². The molecule has 21 heavy (non-hydrogen) atoms. The Balaban J connectivity index is 1.69. The summed E-state index contributed by atoms with van der Waals surface area (Å²) >= 11 is 0. The van der Waals surface area contributed by atoms with Crippen LogP contribution in [0.4, 0.5) is 0 Å². The summed E-state index contributed by atoms with van der Waals surface area (Å²) in [7, 11) is 4.30. The van der Waals surface area contributed by atoms with Crippen LogP contribution in [0, 0.1) is 0 Å². The Morgan fingerprint density at radius 2 is 2.14 bits per heavy atom. The Labute approximate surface area is 126 Å². The van der Waals surface area contributed by atoms with E-state index in [9.17, 15) is 4.79 Å². The van der Waals surface area contributed by atoms with Crippen LogP contribution in [0.15, 0.2) is 24.3 Å². The van der Waals surface area contributed by atoms with Gasteiger partial charge in [0.1, 0.15) is 12.4 Å². The summed E-state index contributed by atoms with van der Waals surface area (Å²) in [5, 5.41) is 8.83. The van der Waals surface area contributed by atoms with Gasteiger partial charge in [0.05, 0.1) is 5.56 Å². The number of hydrogen-bond donors (Lipinski definition) is 1. The Hall–Kier alpha value is -1.59. The molecule has 0 amide bonds. The number of benzene rings is 1. The van der Waals surface area contributed by atoms with Gasteiger partial charge < -0.3 is 19.6 Å². The van der Waals surface area contributed by atoms with Crippen LogP contribution in [-0.2, 0) is 0 Å². The van der Waals surface area contributed by atoms with E-state index in [1.54, 1.807) is 24.3 Å². The molecule has 1 aromatic carbocycles. The summed E-state index contributed by atoms with van der Waals surface area (Å²) in [5.74, 6) is -0.201. The fraction of sp³-hybridized carbons (Fsp3) is 0.562. The summed E-state index contributed by atoms with van der Waals surface area (Å²) in [4.78, 5) is 15.5. The van der Waals surface area contributed by atoms with Crippen molar-refractivity contribution in [1.82, 2.24) is 9.80 Å². The molecule has 0 aromatic heterocycles. The van der Waals surface area contributed by atoms with Gasteiger partial charge in [-0.15, -0.1) is 0 Å². The highest BCUT2D eigenvalue weighted by Crippen LogP contribution is 2.15. The second kappa shape index (κ2) is 7.43.